The molecule has 168 valence electrons. The van der Waals surface area contributed by atoms with Gasteiger partial charge in [0.2, 0.25) is 0 Å². The Bertz CT molecular complexity index is 1750. The summed E-state index contributed by atoms with van der Waals surface area (Å²) >= 11 is -2.79. The molecule has 1 aliphatic heterocycles. The van der Waals surface area contributed by atoms with Crippen molar-refractivity contribution in [2.45, 2.75) is 12.7 Å². The molecular weight excluding hydrogens is 487 g/mol. The molecule has 2 aromatic heterocycles. The third kappa shape index (κ3) is 2.80. The van der Waals surface area contributed by atoms with Crippen molar-refractivity contribution < 1.29 is 8.98 Å². The van der Waals surface area contributed by atoms with E-state index in [1.807, 2.05) is 0 Å². The zero-order valence-corrected chi connectivity index (χ0v) is 22.3. The summed E-state index contributed by atoms with van der Waals surface area (Å²) in [7, 11) is 2.09. The van der Waals surface area contributed by atoms with Gasteiger partial charge in [0.25, 0.3) is 0 Å². The van der Waals surface area contributed by atoms with Crippen molar-refractivity contribution in [2.75, 3.05) is 0 Å². The molecule has 0 amide bonds. The molecule has 4 aromatic carbocycles. The molecule has 0 fully saturated rings. The predicted octanol–water partition coefficient (Wildman–Crippen LogP) is 5.47. The number of benzene rings is 4. The van der Waals surface area contributed by atoms with Gasteiger partial charge < -0.3 is 0 Å². The SMILES string of the molecule is Cc1ccc2c(oc3cc[c]([Ge]4([CH3])[c]5ccccc5-c5cccc[c]54)cc32)c1-c1cccc[n+]1C. The fraction of sp³-hybridized carbons (Fsp3) is 0.0938. The van der Waals surface area contributed by atoms with Crippen LogP contribution in [-0.4, -0.2) is 13.3 Å². The number of hydrogen-bond acceptors (Lipinski definition) is 1. The first-order valence-electron chi connectivity index (χ1n) is 12.2. The summed E-state index contributed by atoms with van der Waals surface area (Å²) in [6.07, 6.45) is 2.09. The number of rotatable bonds is 2. The first-order chi connectivity index (χ1) is 17.1. The van der Waals surface area contributed by atoms with E-state index in [0.717, 1.165) is 16.9 Å². The number of hydrogen-bond donors (Lipinski definition) is 0. The Labute approximate surface area is 207 Å². The van der Waals surface area contributed by atoms with Gasteiger partial charge in [-0.15, -0.1) is 0 Å². The Morgan fingerprint density at radius 3 is 2.11 bits per heavy atom. The molecule has 0 bridgehead atoms. The Balaban J connectivity index is 1.51. The summed E-state index contributed by atoms with van der Waals surface area (Å²) < 4.78 is 13.3. The van der Waals surface area contributed by atoms with Crippen LogP contribution in [-0.2, 0) is 7.05 Å². The van der Waals surface area contributed by atoms with E-state index >= 15 is 0 Å². The summed E-state index contributed by atoms with van der Waals surface area (Å²) in [6.45, 7) is 2.17. The molecule has 3 heterocycles. The maximum atomic E-state index is 6.57. The molecule has 0 radical (unpaired) electrons. The van der Waals surface area contributed by atoms with Crippen molar-refractivity contribution in [1.82, 2.24) is 0 Å². The van der Waals surface area contributed by atoms with Crippen LogP contribution in [0.1, 0.15) is 5.56 Å². The molecule has 0 aliphatic carbocycles. The normalized spacial score (nSPS) is 13.8. The molecule has 0 saturated heterocycles. The van der Waals surface area contributed by atoms with E-state index < -0.39 is 13.3 Å². The quantitative estimate of drug-likeness (QED) is 0.222. The summed E-state index contributed by atoms with van der Waals surface area (Å²) in [6, 6.07) is 35.8. The zero-order chi connectivity index (χ0) is 23.7. The summed E-state index contributed by atoms with van der Waals surface area (Å²) in [4.78, 5) is 0. The van der Waals surface area contributed by atoms with E-state index in [9.17, 15) is 0 Å². The minimum absolute atomic E-state index is 0.958. The minimum atomic E-state index is -2.79. The van der Waals surface area contributed by atoms with Gasteiger partial charge in [-0.1, -0.05) is 0 Å². The first kappa shape index (κ1) is 20.7. The number of furan rings is 1. The predicted molar refractivity (Wildman–Crippen MR) is 147 cm³/mol. The van der Waals surface area contributed by atoms with Crippen LogP contribution in [0.3, 0.4) is 0 Å². The van der Waals surface area contributed by atoms with Gasteiger partial charge in [-0.2, -0.15) is 0 Å². The second-order valence-electron chi connectivity index (χ2n) is 9.86. The second-order valence-corrected chi connectivity index (χ2v) is 18.1. The zero-order valence-electron chi connectivity index (χ0n) is 20.2. The third-order valence-electron chi connectivity index (χ3n) is 7.96. The molecule has 0 spiro atoms. The molecule has 0 unspecified atom stereocenters. The van der Waals surface area contributed by atoms with Gasteiger partial charge in [-0.05, 0) is 0 Å². The van der Waals surface area contributed by atoms with Gasteiger partial charge in [-0.25, -0.2) is 0 Å². The van der Waals surface area contributed by atoms with Crippen LogP contribution in [0.25, 0.3) is 44.3 Å². The monoisotopic (exact) mass is 514 g/mol. The van der Waals surface area contributed by atoms with Crippen molar-refractivity contribution >= 4 is 48.4 Å². The molecule has 7 rings (SSSR count). The molecule has 0 saturated carbocycles. The van der Waals surface area contributed by atoms with E-state index in [1.165, 1.54) is 37.4 Å². The number of fused-ring (bicyclic) bond motifs is 6. The Morgan fingerprint density at radius 2 is 1.40 bits per heavy atom. The van der Waals surface area contributed by atoms with Gasteiger partial charge in [0.05, 0.1) is 0 Å². The molecule has 35 heavy (non-hydrogen) atoms. The Kier molecular flexibility index (Phi) is 4.40. The third-order valence-corrected chi connectivity index (χ3v) is 17.4. The van der Waals surface area contributed by atoms with Crippen LogP contribution in [0.2, 0.25) is 5.76 Å². The van der Waals surface area contributed by atoms with E-state index in [2.05, 4.69) is 128 Å². The molecule has 1 aliphatic rings. The molecule has 0 N–H and O–H groups in total. The van der Waals surface area contributed by atoms with Crippen molar-refractivity contribution in [1.29, 1.82) is 0 Å². The molecule has 0 atom stereocenters. The van der Waals surface area contributed by atoms with Gasteiger partial charge in [0, 0.05) is 0 Å². The standard InChI is InChI=1S/C32H26GeNO/c1-21-15-17-25-26-20-22(16-18-30(26)35-32(25)31(21)29-14-8-9-19-34(29)3)33(2)27-12-6-4-10-23(27)24-11-5-7-13-28(24)33/h4-20H,1-3H3/q+1. The van der Waals surface area contributed by atoms with E-state index in [4.69, 9.17) is 4.42 Å². The van der Waals surface area contributed by atoms with Crippen LogP contribution >= 0.6 is 0 Å². The van der Waals surface area contributed by atoms with E-state index in [-0.39, 0.29) is 0 Å². The number of nitrogens with zero attached hydrogens (tertiary/aromatic N) is 1. The van der Waals surface area contributed by atoms with Crippen molar-refractivity contribution in [3.63, 3.8) is 0 Å². The maximum absolute atomic E-state index is 6.57. The Morgan fingerprint density at radius 1 is 0.714 bits per heavy atom. The van der Waals surface area contributed by atoms with Crippen LogP contribution < -0.4 is 17.8 Å². The van der Waals surface area contributed by atoms with Crippen molar-refractivity contribution in [3.05, 3.63) is 109 Å². The summed E-state index contributed by atoms with van der Waals surface area (Å²) in [5.74, 6) is 2.55. The van der Waals surface area contributed by atoms with Crippen LogP contribution in [0.5, 0.6) is 0 Å². The molecule has 2 nitrogen and oxygen atoms in total. The van der Waals surface area contributed by atoms with Gasteiger partial charge in [-0.3, -0.25) is 0 Å². The fourth-order valence-corrected chi connectivity index (χ4v) is 14.8. The van der Waals surface area contributed by atoms with Gasteiger partial charge in [0.1, 0.15) is 0 Å². The average molecular weight is 513 g/mol. The van der Waals surface area contributed by atoms with Crippen LogP contribution in [0.15, 0.2) is 108 Å². The molecular formula is C32H26GeNO+. The van der Waals surface area contributed by atoms with Gasteiger partial charge >= 0.3 is 208 Å². The van der Waals surface area contributed by atoms with Crippen molar-refractivity contribution in [2.24, 2.45) is 7.05 Å². The van der Waals surface area contributed by atoms with E-state index in [1.54, 1.807) is 8.79 Å². The number of pyridine rings is 1. The fourth-order valence-electron chi connectivity index (χ4n) is 6.12. The topological polar surface area (TPSA) is 17.0 Å². The Hall–Kier alpha value is -3.63. The second kappa shape index (κ2) is 7.43. The number of aromatic nitrogens is 1. The van der Waals surface area contributed by atoms with Crippen molar-refractivity contribution in [3.8, 4) is 22.4 Å². The molecule has 6 aromatic rings. The summed E-state index contributed by atoms with van der Waals surface area (Å²) in [5, 5.41) is 2.41. The first-order valence-corrected chi connectivity index (χ1v) is 17.4. The average Bonchev–Trinajstić information content (AvgIpc) is 3.38. The van der Waals surface area contributed by atoms with E-state index in [0.29, 0.717) is 0 Å². The van der Waals surface area contributed by atoms with Gasteiger partial charge in [0.15, 0.2) is 0 Å². The van der Waals surface area contributed by atoms with Crippen LogP contribution in [0.4, 0.5) is 0 Å². The number of aryl methyl sites for hydroxylation is 2. The van der Waals surface area contributed by atoms with Crippen LogP contribution in [0, 0.1) is 6.92 Å². The summed E-state index contributed by atoms with van der Waals surface area (Å²) in [5.41, 5.74) is 8.32. The molecule has 3 heteroatoms.